The van der Waals surface area contributed by atoms with E-state index in [2.05, 4.69) is 62.2 Å². The quantitative estimate of drug-likeness (QED) is 0.303. The van der Waals surface area contributed by atoms with E-state index < -0.39 is 6.10 Å². The van der Waals surface area contributed by atoms with Gasteiger partial charge in [0.25, 0.3) is 0 Å². The maximum Gasteiger partial charge on any atom is 0.336 e. The fourth-order valence-corrected chi connectivity index (χ4v) is 5.70. The lowest BCUT2D eigenvalue weighted by molar-refractivity contribution is -0.140. The lowest BCUT2D eigenvalue weighted by Crippen LogP contribution is -2.31. The zero-order valence-corrected chi connectivity index (χ0v) is 20.9. The Morgan fingerprint density at radius 3 is 2.16 bits per heavy atom. The van der Waals surface area contributed by atoms with E-state index >= 15 is 0 Å². The van der Waals surface area contributed by atoms with Crippen LogP contribution in [-0.2, 0) is 9.53 Å². The highest BCUT2D eigenvalue weighted by molar-refractivity contribution is 9.10. The molecule has 0 saturated heterocycles. The topological polar surface area (TPSA) is 46.5 Å². The minimum Gasteiger partial charge on any atom is -0.463 e. The van der Waals surface area contributed by atoms with E-state index in [1.165, 1.54) is 11.1 Å². The van der Waals surface area contributed by atoms with Gasteiger partial charge in [-0.05, 0) is 92.2 Å². The molecule has 1 N–H and O–H groups in total. The second-order valence-electron chi connectivity index (χ2n) is 8.74. The van der Waals surface area contributed by atoms with E-state index in [1.807, 2.05) is 25.1 Å². The molecule has 2 aromatic carbocycles. The number of carbonyl (C=O) groups is 1. The van der Waals surface area contributed by atoms with Crippen molar-refractivity contribution in [3.05, 3.63) is 79.7 Å². The molecule has 0 bridgehead atoms. The zero-order valence-electron chi connectivity index (χ0n) is 17.7. The standard InChI is InChI=1S/C26H28Br2O3/c1-2-31-26(30)25(21-12-20(13-21)18-6-4-8-23(28)15-18)24(29)11-16-9-19(10-16)17-5-3-7-22(27)14-17/h3-8,14-16,19-20,24,29H,2,9-13H2,1H3. The van der Waals surface area contributed by atoms with Crippen LogP contribution in [0.1, 0.15) is 62.0 Å². The average molecular weight is 548 g/mol. The third kappa shape index (κ3) is 5.32. The first kappa shape index (κ1) is 22.8. The van der Waals surface area contributed by atoms with Crippen LogP contribution in [0.3, 0.4) is 0 Å². The molecule has 2 fully saturated rings. The molecule has 0 amide bonds. The fraction of sp³-hybridized carbons (Fsp3) is 0.423. The number of hydrogen-bond acceptors (Lipinski definition) is 3. The van der Waals surface area contributed by atoms with Crippen LogP contribution < -0.4 is 0 Å². The first-order valence-corrected chi connectivity index (χ1v) is 12.6. The predicted molar refractivity (Wildman–Crippen MR) is 130 cm³/mol. The van der Waals surface area contributed by atoms with Crippen molar-refractivity contribution in [3.63, 3.8) is 0 Å². The highest BCUT2D eigenvalue weighted by atomic mass is 79.9. The largest absolute Gasteiger partial charge is 0.463 e. The molecule has 1 unspecified atom stereocenters. The van der Waals surface area contributed by atoms with E-state index in [0.29, 0.717) is 36.4 Å². The normalized spacial score (nSPS) is 23.5. The van der Waals surface area contributed by atoms with Crippen LogP contribution in [0, 0.1) is 5.92 Å². The Morgan fingerprint density at radius 2 is 1.61 bits per heavy atom. The van der Waals surface area contributed by atoms with E-state index in [0.717, 1.165) is 40.2 Å². The summed E-state index contributed by atoms with van der Waals surface area (Å²) in [6.45, 7) is 2.14. The summed E-state index contributed by atoms with van der Waals surface area (Å²) in [5.41, 5.74) is 4.18. The second-order valence-corrected chi connectivity index (χ2v) is 10.6. The van der Waals surface area contributed by atoms with Crippen LogP contribution in [0.2, 0.25) is 0 Å². The molecular weight excluding hydrogens is 520 g/mol. The fourth-order valence-electron chi connectivity index (χ4n) is 4.87. The molecule has 2 aliphatic carbocycles. The van der Waals surface area contributed by atoms with Gasteiger partial charge in [0, 0.05) is 8.95 Å². The van der Waals surface area contributed by atoms with Crippen molar-refractivity contribution < 1.29 is 14.6 Å². The summed E-state index contributed by atoms with van der Waals surface area (Å²) >= 11 is 7.08. The summed E-state index contributed by atoms with van der Waals surface area (Å²) in [5, 5.41) is 11.0. The molecule has 0 aliphatic heterocycles. The maximum absolute atomic E-state index is 12.7. The average Bonchev–Trinajstić information content (AvgIpc) is 2.66. The van der Waals surface area contributed by atoms with Gasteiger partial charge in [-0.1, -0.05) is 61.7 Å². The summed E-state index contributed by atoms with van der Waals surface area (Å²) in [7, 11) is 0. The van der Waals surface area contributed by atoms with Gasteiger partial charge in [-0.25, -0.2) is 4.79 Å². The van der Waals surface area contributed by atoms with Crippen molar-refractivity contribution >= 4 is 37.8 Å². The van der Waals surface area contributed by atoms with Gasteiger partial charge < -0.3 is 9.84 Å². The molecule has 4 rings (SSSR count). The van der Waals surface area contributed by atoms with Crippen molar-refractivity contribution in [3.8, 4) is 0 Å². The van der Waals surface area contributed by atoms with Crippen LogP contribution in [0.4, 0.5) is 0 Å². The van der Waals surface area contributed by atoms with Gasteiger partial charge in [0.2, 0.25) is 0 Å². The molecule has 5 heteroatoms. The monoisotopic (exact) mass is 546 g/mol. The van der Waals surface area contributed by atoms with Gasteiger partial charge in [0.1, 0.15) is 0 Å². The van der Waals surface area contributed by atoms with Crippen LogP contribution in [-0.4, -0.2) is 23.8 Å². The Bertz CT molecular complexity index is 970. The minimum absolute atomic E-state index is 0.325. The SMILES string of the molecule is CCOC(=O)C(=C1CC(c2cccc(Br)c2)C1)C(O)CC1CC(c2cccc(Br)c2)C1. The van der Waals surface area contributed by atoms with Crippen molar-refractivity contribution in [2.24, 2.45) is 5.92 Å². The Labute approximate surface area is 201 Å². The lowest BCUT2D eigenvalue weighted by atomic mass is 9.68. The molecule has 0 aromatic heterocycles. The van der Waals surface area contributed by atoms with E-state index in [-0.39, 0.29) is 5.97 Å². The molecular formula is C26H28Br2O3. The van der Waals surface area contributed by atoms with Crippen LogP contribution in [0.5, 0.6) is 0 Å². The Morgan fingerprint density at radius 1 is 1.03 bits per heavy atom. The molecule has 2 saturated carbocycles. The lowest BCUT2D eigenvalue weighted by Gasteiger charge is -2.38. The number of carbonyl (C=O) groups excluding carboxylic acids is 1. The highest BCUT2D eigenvalue weighted by Gasteiger charge is 2.37. The predicted octanol–water partition coefficient (Wildman–Crippen LogP) is 6.89. The number of hydrogen-bond donors (Lipinski definition) is 1. The number of aliphatic hydroxyl groups excluding tert-OH is 1. The number of halogens is 2. The molecule has 164 valence electrons. The van der Waals surface area contributed by atoms with Crippen LogP contribution in [0.15, 0.2) is 68.6 Å². The van der Waals surface area contributed by atoms with E-state index in [1.54, 1.807) is 0 Å². The second kappa shape index (κ2) is 10.0. The Balaban J connectivity index is 1.40. The Kier molecular flexibility index (Phi) is 7.35. The first-order valence-electron chi connectivity index (χ1n) is 11.0. The van der Waals surface area contributed by atoms with E-state index in [4.69, 9.17) is 4.74 Å². The molecule has 0 heterocycles. The molecule has 1 atom stereocenters. The van der Waals surface area contributed by atoms with Crippen molar-refractivity contribution in [1.82, 2.24) is 0 Å². The summed E-state index contributed by atoms with van der Waals surface area (Å²) < 4.78 is 7.48. The smallest absolute Gasteiger partial charge is 0.336 e. The van der Waals surface area contributed by atoms with Crippen molar-refractivity contribution in [2.75, 3.05) is 6.61 Å². The Hall–Kier alpha value is -1.43. The molecule has 0 spiro atoms. The van der Waals surface area contributed by atoms with Crippen molar-refractivity contribution in [1.29, 1.82) is 0 Å². The van der Waals surface area contributed by atoms with Gasteiger partial charge in [0.15, 0.2) is 0 Å². The van der Waals surface area contributed by atoms with Gasteiger partial charge >= 0.3 is 5.97 Å². The zero-order chi connectivity index (χ0) is 22.0. The maximum atomic E-state index is 12.7. The van der Waals surface area contributed by atoms with Gasteiger partial charge in [-0.15, -0.1) is 0 Å². The number of ether oxygens (including phenoxy) is 1. The number of esters is 1. The minimum atomic E-state index is -0.744. The van der Waals surface area contributed by atoms with Gasteiger partial charge in [-0.3, -0.25) is 0 Å². The van der Waals surface area contributed by atoms with Gasteiger partial charge in [-0.2, -0.15) is 0 Å². The summed E-state index contributed by atoms with van der Waals surface area (Å²) in [4.78, 5) is 12.7. The number of benzene rings is 2. The summed E-state index contributed by atoms with van der Waals surface area (Å²) in [6, 6.07) is 16.8. The third-order valence-electron chi connectivity index (χ3n) is 6.63. The molecule has 0 radical (unpaired) electrons. The third-order valence-corrected chi connectivity index (χ3v) is 7.61. The number of aliphatic hydroxyl groups is 1. The van der Waals surface area contributed by atoms with E-state index in [9.17, 15) is 9.90 Å². The summed E-state index contributed by atoms with van der Waals surface area (Å²) in [6.07, 6.45) is 3.62. The first-order chi connectivity index (χ1) is 14.9. The highest BCUT2D eigenvalue weighted by Crippen LogP contribution is 2.47. The van der Waals surface area contributed by atoms with Crippen LogP contribution in [0.25, 0.3) is 0 Å². The molecule has 2 aliphatic rings. The molecule has 2 aromatic rings. The molecule has 3 nitrogen and oxygen atoms in total. The van der Waals surface area contributed by atoms with Crippen LogP contribution >= 0.6 is 31.9 Å². The van der Waals surface area contributed by atoms with Crippen molar-refractivity contribution in [2.45, 2.75) is 57.0 Å². The summed E-state index contributed by atoms with van der Waals surface area (Å²) in [5.74, 6) is 1.03. The number of allylic oxidation sites excluding steroid dienone is 1. The van der Waals surface area contributed by atoms with Gasteiger partial charge in [0.05, 0.1) is 18.3 Å². The number of rotatable bonds is 7. The molecule has 31 heavy (non-hydrogen) atoms.